The molecule has 1 atom stereocenters. The quantitative estimate of drug-likeness (QED) is 0.875. The maximum Gasteiger partial charge on any atom is 0.0797 e. The van der Waals surface area contributed by atoms with E-state index in [9.17, 15) is 5.11 Å². The Morgan fingerprint density at radius 3 is 2.47 bits per heavy atom. The molecule has 0 bridgehead atoms. The molecule has 1 saturated carbocycles. The van der Waals surface area contributed by atoms with Crippen LogP contribution in [0.25, 0.3) is 0 Å². The van der Waals surface area contributed by atoms with E-state index in [1.165, 1.54) is 32.1 Å². The fraction of sp³-hybridized carbons (Fsp3) is 0.786. The molecule has 1 unspecified atom stereocenters. The average molecular weight is 236 g/mol. The van der Waals surface area contributed by atoms with Crippen molar-refractivity contribution < 1.29 is 5.11 Å². The summed E-state index contributed by atoms with van der Waals surface area (Å²) in [7, 11) is 0. The molecule has 0 saturated heterocycles. The summed E-state index contributed by atoms with van der Waals surface area (Å²) in [4.78, 5) is 0. The van der Waals surface area contributed by atoms with Gasteiger partial charge in [-0.25, -0.2) is 0 Å². The largest absolute Gasteiger partial charge is 0.389 e. The summed E-state index contributed by atoms with van der Waals surface area (Å²) in [5.74, 6) is 0.781. The second-order valence-electron chi connectivity index (χ2n) is 5.45. The van der Waals surface area contributed by atoms with E-state index in [-0.39, 0.29) is 0 Å². The fourth-order valence-electron chi connectivity index (χ4n) is 3.11. The molecule has 0 aromatic carbocycles. The third-order valence-electron chi connectivity index (χ3n) is 4.01. The Kier molecular flexibility index (Phi) is 3.87. The molecule has 1 aromatic rings. The molecule has 1 aliphatic carbocycles. The number of aliphatic hydroxyl groups is 1. The Morgan fingerprint density at radius 1 is 1.29 bits per heavy atom. The molecule has 1 heterocycles. The molecular formula is C14H24N2O. The van der Waals surface area contributed by atoms with Crippen molar-refractivity contribution in [1.29, 1.82) is 0 Å². The van der Waals surface area contributed by atoms with E-state index in [1.807, 2.05) is 13.8 Å². The van der Waals surface area contributed by atoms with Gasteiger partial charge < -0.3 is 5.11 Å². The molecule has 0 amide bonds. The van der Waals surface area contributed by atoms with Crippen LogP contribution in [-0.4, -0.2) is 14.9 Å². The van der Waals surface area contributed by atoms with Crippen LogP contribution in [0.15, 0.2) is 0 Å². The minimum atomic E-state index is -0.407. The molecule has 0 aliphatic heterocycles. The van der Waals surface area contributed by atoms with Crippen LogP contribution in [0.2, 0.25) is 0 Å². The third kappa shape index (κ3) is 2.71. The summed E-state index contributed by atoms with van der Waals surface area (Å²) in [5, 5.41) is 14.3. The minimum Gasteiger partial charge on any atom is -0.389 e. The monoisotopic (exact) mass is 236 g/mol. The van der Waals surface area contributed by atoms with Crippen LogP contribution in [0.5, 0.6) is 0 Å². The van der Waals surface area contributed by atoms with Gasteiger partial charge in [0.25, 0.3) is 0 Å². The summed E-state index contributed by atoms with van der Waals surface area (Å²) < 4.78 is 2.10. The number of hydrogen-bond donors (Lipinski definition) is 1. The lowest BCUT2D eigenvalue weighted by Gasteiger charge is -2.22. The highest BCUT2D eigenvalue weighted by Crippen LogP contribution is 2.27. The number of aromatic nitrogens is 2. The van der Waals surface area contributed by atoms with Crippen LogP contribution < -0.4 is 0 Å². The van der Waals surface area contributed by atoms with Gasteiger partial charge in [-0.15, -0.1) is 0 Å². The van der Waals surface area contributed by atoms with Gasteiger partial charge in [0.15, 0.2) is 0 Å². The zero-order valence-electron chi connectivity index (χ0n) is 11.2. The van der Waals surface area contributed by atoms with Gasteiger partial charge in [0.2, 0.25) is 0 Å². The van der Waals surface area contributed by atoms with Gasteiger partial charge in [-0.05, 0) is 39.5 Å². The first kappa shape index (κ1) is 12.6. The summed E-state index contributed by atoms with van der Waals surface area (Å²) >= 11 is 0. The molecule has 17 heavy (non-hydrogen) atoms. The smallest absolute Gasteiger partial charge is 0.0797 e. The van der Waals surface area contributed by atoms with Crippen molar-refractivity contribution in [2.75, 3.05) is 0 Å². The average Bonchev–Trinajstić information content (AvgIpc) is 2.55. The molecule has 1 N–H and O–H groups in total. The third-order valence-corrected chi connectivity index (χ3v) is 4.01. The predicted octanol–water partition coefficient (Wildman–Crippen LogP) is 3.13. The van der Waals surface area contributed by atoms with Crippen LogP contribution in [0, 0.1) is 19.8 Å². The second kappa shape index (κ2) is 5.21. The summed E-state index contributed by atoms with van der Waals surface area (Å²) in [6.07, 6.45) is 6.40. The zero-order valence-corrected chi connectivity index (χ0v) is 11.2. The Balaban J connectivity index is 2.13. The van der Waals surface area contributed by atoms with Gasteiger partial charge >= 0.3 is 0 Å². The van der Waals surface area contributed by atoms with Gasteiger partial charge in [-0.2, -0.15) is 5.10 Å². The minimum absolute atomic E-state index is 0.407. The van der Waals surface area contributed by atoms with E-state index in [4.69, 9.17) is 0 Å². The molecule has 0 radical (unpaired) electrons. The Morgan fingerprint density at radius 2 is 1.94 bits per heavy atom. The number of nitrogens with zero attached hydrogens (tertiary/aromatic N) is 2. The topological polar surface area (TPSA) is 38.0 Å². The second-order valence-corrected chi connectivity index (χ2v) is 5.45. The van der Waals surface area contributed by atoms with E-state index in [0.717, 1.165) is 29.4 Å². The maximum atomic E-state index is 9.75. The standard InChI is InChI=1S/C14H24N2O/c1-10-14(12(3)17)11(2)16(15-10)9-13-7-5-4-6-8-13/h12-13,17H,4-9H2,1-3H3. The highest BCUT2D eigenvalue weighted by molar-refractivity contribution is 5.26. The Hall–Kier alpha value is -0.830. The number of aliphatic hydroxyl groups excluding tert-OH is 1. The highest BCUT2D eigenvalue weighted by Gasteiger charge is 2.19. The summed E-state index contributed by atoms with van der Waals surface area (Å²) in [5.41, 5.74) is 3.14. The van der Waals surface area contributed by atoms with Crippen molar-refractivity contribution in [2.45, 2.75) is 65.5 Å². The molecule has 3 heteroatoms. The van der Waals surface area contributed by atoms with Crippen molar-refractivity contribution in [3.63, 3.8) is 0 Å². The number of rotatable bonds is 3. The fourth-order valence-corrected chi connectivity index (χ4v) is 3.11. The van der Waals surface area contributed by atoms with Crippen molar-refractivity contribution in [1.82, 2.24) is 9.78 Å². The number of hydrogen-bond acceptors (Lipinski definition) is 2. The first-order valence-electron chi connectivity index (χ1n) is 6.81. The van der Waals surface area contributed by atoms with Crippen LogP contribution >= 0.6 is 0 Å². The van der Waals surface area contributed by atoms with Gasteiger partial charge in [-0.1, -0.05) is 19.3 Å². The molecule has 1 aromatic heterocycles. The highest BCUT2D eigenvalue weighted by atomic mass is 16.3. The van der Waals surface area contributed by atoms with Crippen molar-refractivity contribution in [3.8, 4) is 0 Å². The van der Waals surface area contributed by atoms with Crippen molar-refractivity contribution in [3.05, 3.63) is 17.0 Å². The van der Waals surface area contributed by atoms with E-state index in [1.54, 1.807) is 0 Å². The number of aryl methyl sites for hydroxylation is 1. The SMILES string of the molecule is Cc1nn(CC2CCCCC2)c(C)c1C(C)O. The Labute approximate surface area is 104 Å². The molecule has 96 valence electrons. The van der Waals surface area contributed by atoms with Gasteiger partial charge in [0.1, 0.15) is 0 Å². The van der Waals surface area contributed by atoms with Crippen LogP contribution in [0.4, 0.5) is 0 Å². The van der Waals surface area contributed by atoms with Crippen molar-refractivity contribution >= 4 is 0 Å². The molecule has 2 rings (SSSR count). The summed E-state index contributed by atoms with van der Waals surface area (Å²) in [6, 6.07) is 0. The molecular weight excluding hydrogens is 212 g/mol. The summed E-state index contributed by atoms with van der Waals surface area (Å²) in [6.45, 7) is 6.92. The molecule has 0 spiro atoms. The lowest BCUT2D eigenvalue weighted by molar-refractivity contribution is 0.197. The maximum absolute atomic E-state index is 9.75. The molecule has 1 fully saturated rings. The van der Waals surface area contributed by atoms with Gasteiger partial charge in [-0.3, -0.25) is 4.68 Å². The lowest BCUT2D eigenvalue weighted by atomic mass is 9.89. The molecule has 1 aliphatic rings. The first-order chi connectivity index (χ1) is 8.09. The van der Waals surface area contributed by atoms with E-state index in [2.05, 4.69) is 16.7 Å². The van der Waals surface area contributed by atoms with Crippen LogP contribution in [-0.2, 0) is 6.54 Å². The normalized spacial score (nSPS) is 19.5. The Bertz CT molecular complexity index is 376. The van der Waals surface area contributed by atoms with E-state index < -0.39 is 6.10 Å². The predicted molar refractivity (Wildman–Crippen MR) is 68.9 cm³/mol. The lowest BCUT2D eigenvalue weighted by Crippen LogP contribution is -2.16. The van der Waals surface area contributed by atoms with E-state index >= 15 is 0 Å². The van der Waals surface area contributed by atoms with Crippen LogP contribution in [0.3, 0.4) is 0 Å². The van der Waals surface area contributed by atoms with Gasteiger partial charge in [0.05, 0.1) is 11.8 Å². The first-order valence-corrected chi connectivity index (χ1v) is 6.81. The molecule has 3 nitrogen and oxygen atoms in total. The van der Waals surface area contributed by atoms with Crippen molar-refractivity contribution in [2.24, 2.45) is 5.92 Å². The zero-order chi connectivity index (χ0) is 12.4. The van der Waals surface area contributed by atoms with E-state index in [0.29, 0.717) is 0 Å². The van der Waals surface area contributed by atoms with Gasteiger partial charge in [0, 0.05) is 17.8 Å². The van der Waals surface area contributed by atoms with Crippen LogP contribution in [0.1, 0.15) is 62.1 Å².